The van der Waals surface area contributed by atoms with Crippen LogP contribution < -0.4 is 5.32 Å². The smallest absolute Gasteiger partial charge is 0.0596 e. The van der Waals surface area contributed by atoms with Gasteiger partial charge in [0.05, 0.1) is 5.69 Å². The van der Waals surface area contributed by atoms with E-state index < -0.39 is 0 Å². The van der Waals surface area contributed by atoms with Gasteiger partial charge in [-0.2, -0.15) is 5.10 Å². The molecule has 3 nitrogen and oxygen atoms in total. The molecule has 1 atom stereocenters. The van der Waals surface area contributed by atoms with Gasteiger partial charge >= 0.3 is 0 Å². The van der Waals surface area contributed by atoms with E-state index in [1.807, 2.05) is 32.2 Å². The van der Waals surface area contributed by atoms with Crippen molar-refractivity contribution in [1.29, 1.82) is 0 Å². The van der Waals surface area contributed by atoms with Gasteiger partial charge in [-0.05, 0) is 50.7 Å². The highest BCUT2D eigenvalue weighted by atomic mass is 79.9. The molecule has 1 N–H and O–H groups in total. The molecule has 1 heterocycles. The normalized spacial score (nSPS) is 12.7. The van der Waals surface area contributed by atoms with Gasteiger partial charge in [0.15, 0.2) is 0 Å². The van der Waals surface area contributed by atoms with Crippen LogP contribution in [0.1, 0.15) is 29.9 Å². The molecule has 0 bridgehead atoms. The van der Waals surface area contributed by atoms with Crippen LogP contribution in [0.2, 0.25) is 5.02 Å². The highest BCUT2D eigenvalue weighted by Crippen LogP contribution is 2.29. The minimum absolute atomic E-state index is 0.199. The van der Waals surface area contributed by atoms with E-state index in [0.717, 1.165) is 28.2 Å². The third-order valence-electron chi connectivity index (χ3n) is 3.38. The zero-order chi connectivity index (χ0) is 14.7. The molecule has 0 saturated carbocycles. The first-order chi connectivity index (χ1) is 9.55. The number of halogens is 2. The lowest BCUT2D eigenvalue weighted by atomic mass is 10.0. The van der Waals surface area contributed by atoms with Gasteiger partial charge in [0.2, 0.25) is 0 Å². The average molecular weight is 357 g/mol. The summed E-state index contributed by atoms with van der Waals surface area (Å²) >= 11 is 9.72. The van der Waals surface area contributed by atoms with Gasteiger partial charge in [0.25, 0.3) is 0 Å². The van der Waals surface area contributed by atoms with E-state index in [0.29, 0.717) is 0 Å². The Hall–Kier alpha value is -0.840. The van der Waals surface area contributed by atoms with Crippen molar-refractivity contribution in [2.45, 2.75) is 32.9 Å². The molecule has 1 aromatic heterocycles. The van der Waals surface area contributed by atoms with E-state index in [1.54, 1.807) is 0 Å². The van der Waals surface area contributed by atoms with Gasteiger partial charge in [-0.15, -0.1) is 0 Å². The predicted octanol–water partition coefficient (Wildman–Crippen LogP) is 4.13. The van der Waals surface area contributed by atoms with Crippen LogP contribution in [0.5, 0.6) is 0 Å². The summed E-state index contributed by atoms with van der Waals surface area (Å²) in [6.45, 7) is 5.02. The van der Waals surface area contributed by atoms with E-state index in [2.05, 4.69) is 44.0 Å². The van der Waals surface area contributed by atoms with E-state index >= 15 is 0 Å². The first-order valence-electron chi connectivity index (χ1n) is 6.70. The molecule has 0 radical (unpaired) electrons. The minimum atomic E-state index is 0.199. The van der Waals surface area contributed by atoms with E-state index in [9.17, 15) is 0 Å². The number of aromatic nitrogens is 2. The first kappa shape index (κ1) is 15.5. The Kier molecular flexibility index (Phi) is 5.24. The number of likely N-dealkylation sites (N-methyl/N-ethyl adjacent to an activating group) is 1. The molecule has 2 rings (SSSR count). The van der Waals surface area contributed by atoms with Crippen LogP contribution in [0, 0.1) is 6.92 Å². The molecule has 1 unspecified atom stereocenters. The van der Waals surface area contributed by atoms with Crippen molar-refractivity contribution in [3.63, 3.8) is 0 Å². The number of hydrogen-bond acceptors (Lipinski definition) is 2. The van der Waals surface area contributed by atoms with Crippen LogP contribution in [0.4, 0.5) is 0 Å². The Morgan fingerprint density at radius 3 is 2.80 bits per heavy atom. The van der Waals surface area contributed by atoms with Gasteiger partial charge in [-0.25, -0.2) is 0 Å². The molecule has 0 amide bonds. The van der Waals surface area contributed by atoms with Crippen LogP contribution >= 0.6 is 27.5 Å². The van der Waals surface area contributed by atoms with Crippen LogP contribution in [0.15, 0.2) is 28.7 Å². The SMILES string of the molecule is CCn1nc(C)cc1CC(NC)c1cc(Cl)ccc1Br. The Morgan fingerprint density at radius 1 is 1.40 bits per heavy atom. The Morgan fingerprint density at radius 2 is 2.15 bits per heavy atom. The summed E-state index contributed by atoms with van der Waals surface area (Å²) in [6.07, 6.45) is 0.879. The van der Waals surface area contributed by atoms with Gasteiger partial charge in [-0.1, -0.05) is 27.5 Å². The van der Waals surface area contributed by atoms with Crippen molar-refractivity contribution in [3.8, 4) is 0 Å². The molecular formula is C15H19BrClN3. The van der Waals surface area contributed by atoms with Crippen LogP contribution in [-0.4, -0.2) is 16.8 Å². The number of nitrogens with zero attached hydrogens (tertiary/aromatic N) is 2. The van der Waals surface area contributed by atoms with E-state index in [4.69, 9.17) is 11.6 Å². The quantitative estimate of drug-likeness (QED) is 0.873. The number of aryl methyl sites for hydroxylation is 2. The second kappa shape index (κ2) is 6.74. The van der Waals surface area contributed by atoms with Crippen molar-refractivity contribution < 1.29 is 0 Å². The first-order valence-corrected chi connectivity index (χ1v) is 7.87. The van der Waals surface area contributed by atoms with Gasteiger partial charge in [0.1, 0.15) is 0 Å². The molecule has 1 aromatic carbocycles. The second-order valence-electron chi connectivity index (χ2n) is 4.80. The topological polar surface area (TPSA) is 29.9 Å². The fourth-order valence-corrected chi connectivity index (χ4v) is 3.10. The largest absolute Gasteiger partial charge is 0.313 e. The highest BCUT2D eigenvalue weighted by molar-refractivity contribution is 9.10. The molecule has 0 aliphatic carbocycles. The van der Waals surface area contributed by atoms with Gasteiger partial charge < -0.3 is 5.32 Å². The van der Waals surface area contributed by atoms with Crippen molar-refractivity contribution in [2.75, 3.05) is 7.05 Å². The molecule has 0 aliphatic rings. The zero-order valence-electron chi connectivity index (χ0n) is 12.0. The van der Waals surface area contributed by atoms with Crippen molar-refractivity contribution in [3.05, 3.63) is 50.7 Å². The van der Waals surface area contributed by atoms with Crippen molar-refractivity contribution in [2.24, 2.45) is 0 Å². The molecule has 5 heteroatoms. The summed E-state index contributed by atoms with van der Waals surface area (Å²) in [7, 11) is 1.97. The summed E-state index contributed by atoms with van der Waals surface area (Å²) in [5, 5.41) is 8.62. The predicted molar refractivity (Wildman–Crippen MR) is 87.3 cm³/mol. The second-order valence-corrected chi connectivity index (χ2v) is 6.09. The van der Waals surface area contributed by atoms with Crippen LogP contribution in [0.25, 0.3) is 0 Å². The molecular weight excluding hydrogens is 338 g/mol. The monoisotopic (exact) mass is 355 g/mol. The Bertz CT molecular complexity index is 595. The average Bonchev–Trinajstić information content (AvgIpc) is 2.79. The van der Waals surface area contributed by atoms with E-state index in [-0.39, 0.29) is 6.04 Å². The molecule has 20 heavy (non-hydrogen) atoms. The Balaban J connectivity index is 2.30. The van der Waals surface area contributed by atoms with E-state index in [1.165, 1.54) is 11.3 Å². The summed E-state index contributed by atoms with van der Waals surface area (Å²) in [6, 6.07) is 8.23. The van der Waals surface area contributed by atoms with Crippen LogP contribution in [-0.2, 0) is 13.0 Å². The lowest BCUT2D eigenvalue weighted by Gasteiger charge is -2.19. The highest BCUT2D eigenvalue weighted by Gasteiger charge is 2.16. The van der Waals surface area contributed by atoms with Gasteiger partial charge in [-0.3, -0.25) is 4.68 Å². The summed E-state index contributed by atoms with van der Waals surface area (Å²) in [4.78, 5) is 0. The van der Waals surface area contributed by atoms with Gasteiger partial charge in [0, 0.05) is 34.2 Å². The van der Waals surface area contributed by atoms with Crippen molar-refractivity contribution in [1.82, 2.24) is 15.1 Å². The lowest BCUT2D eigenvalue weighted by molar-refractivity contribution is 0.540. The summed E-state index contributed by atoms with van der Waals surface area (Å²) in [5.41, 5.74) is 3.46. The van der Waals surface area contributed by atoms with Crippen molar-refractivity contribution >= 4 is 27.5 Å². The molecule has 0 spiro atoms. The molecule has 2 aromatic rings. The molecule has 0 aliphatic heterocycles. The number of hydrogen-bond donors (Lipinski definition) is 1. The Labute approximate surface area is 133 Å². The molecule has 0 saturated heterocycles. The number of nitrogens with one attached hydrogen (secondary N) is 1. The zero-order valence-corrected chi connectivity index (χ0v) is 14.3. The summed E-state index contributed by atoms with van der Waals surface area (Å²) < 4.78 is 3.12. The number of benzene rings is 1. The standard InChI is InChI=1S/C15H19BrClN3/c1-4-20-12(7-10(2)19-20)9-15(18-3)13-8-11(17)5-6-14(13)16/h5-8,15,18H,4,9H2,1-3H3. The summed E-state index contributed by atoms with van der Waals surface area (Å²) in [5.74, 6) is 0. The fourth-order valence-electron chi connectivity index (χ4n) is 2.40. The fraction of sp³-hybridized carbons (Fsp3) is 0.400. The maximum atomic E-state index is 6.12. The molecule has 0 fully saturated rings. The minimum Gasteiger partial charge on any atom is -0.313 e. The molecule has 108 valence electrons. The lowest BCUT2D eigenvalue weighted by Crippen LogP contribution is -2.21. The maximum absolute atomic E-state index is 6.12. The van der Waals surface area contributed by atoms with Crippen LogP contribution in [0.3, 0.4) is 0 Å². The maximum Gasteiger partial charge on any atom is 0.0596 e. The third-order valence-corrected chi connectivity index (χ3v) is 4.34. The number of rotatable bonds is 5. The third kappa shape index (κ3) is 3.43.